The Kier molecular flexibility index (Phi) is 3.38. The molecule has 0 aliphatic heterocycles. The van der Waals surface area contributed by atoms with Crippen LogP contribution in [-0.4, -0.2) is 20.2 Å². The lowest BCUT2D eigenvalue weighted by Crippen LogP contribution is -2.12. The molecule has 0 radical (unpaired) electrons. The van der Waals surface area contributed by atoms with E-state index >= 15 is 0 Å². The second kappa shape index (κ2) is 5.23. The summed E-state index contributed by atoms with van der Waals surface area (Å²) >= 11 is 1.46. The number of hydrogen-bond donors (Lipinski definition) is 1. The third kappa shape index (κ3) is 2.44. The smallest absolute Gasteiger partial charge is 0.275 e. The van der Waals surface area contributed by atoms with Gasteiger partial charge < -0.3 is 5.32 Å². The van der Waals surface area contributed by atoms with E-state index in [0.717, 1.165) is 10.7 Å². The normalized spacial score (nSPS) is 10.8. The zero-order chi connectivity index (χ0) is 15.9. The Morgan fingerprint density at radius 1 is 1.41 bits per heavy atom. The zero-order valence-corrected chi connectivity index (χ0v) is 12.7. The molecule has 0 unspecified atom stereocenters. The highest BCUT2D eigenvalue weighted by molar-refractivity contribution is 7.15. The zero-order valence-electron chi connectivity index (χ0n) is 11.9. The number of thiazole rings is 1. The van der Waals surface area contributed by atoms with Crippen molar-refractivity contribution < 1.29 is 9.72 Å². The minimum absolute atomic E-state index is 0.0242. The average Bonchev–Trinajstić information content (AvgIpc) is 3.01. The number of rotatable bonds is 3. The molecular formula is C14H12N4O3S. The van der Waals surface area contributed by atoms with Crippen molar-refractivity contribution in [1.82, 2.24) is 9.38 Å². The molecule has 3 rings (SSSR count). The minimum Gasteiger partial charge on any atom is -0.321 e. The third-order valence-electron chi connectivity index (χ3n) is 3.27. The number of hydrogen-bond acceptors (Lipinski definition) is 5. The van der Waals surface area contributed by atoms with Gasteiger partial charge in [-0.2, -0.15) is 0 Å². The number of imidazole rings is 1. The summed E-state index contributed by atoms with van der Waals surface area (Å²) in [5.74, 6) is -0.344. The molecule has 112 valence electrons. The molecule has 2 heterocycles. The van der Waals surface area contributed by atoms with Crippen LogP contribution in [0.5, 0.6) is 0 Å². The van der Waals surface area contributed by atoms with Crippen molar-refractivity contribution in [2.45, 2.75) is 13.8 Å². The van der Waals surface area contributed by atoms with Crippen LogP contribution in [0.3, 0.4) is 0 Å². The van der Waals surface area contributed by atoms with E-state index in [-0.39, 0.29) is 11.6 Å². The lowest BCUT2D eigenvalue weighted by molar-refractivity contribution is -0.385. The highest BCUT2D eigenvalue weighted by Crippen LogP contribution is 2.22. The molecule has 2 aromatic heterocycles. The first kappa shape index (κ1) is 14.2. The van der Waals surface area contributed by atoms with Gasteiger partial charge in [-0.15, -0.1) is 11.3 Å². The SMILES string of the molecule is Cc1cc(NC(=O)c2cn3c(C)csc3n2)ccc1[N+](=O)[O-]. The molecule has 1 aromatic carbocycles. The van der Waals surface area contributed by atoms with Crippen molar-refractivity contribution in [2.75, 3.05) is 5.32 Å². The van der Waals surface area contributed by atoms with Crippen molar-refractivity contribution in [3.8, 4) is 0 Å². The second-order valence-electron chi connectivity index (χ2n) is 4.87. The number of carbonyl (C=O) groups excluding carboxylic acids is 1. The summed E-state index contributed by atoms with van der Waals surface area (Å²) in [6.07, 6.45) is 1.68. The first-order valence-electron chi connectivity index (χ1n) is 6.45. The molecule has 1 amide bonds. The Bertz CT molecular complexity index is 897. The number of aromatic nitrogens is 2. The van der Waals surface area contributed by atoms with E-state index < -0.39 is 4.92 Å². The van der Waals surface area contributed by atoms with Gasteiger partial charge in [-0.3, -0.25) is 19.3 Å². The second-order valence-corrected chi connectivity index (χ2v) is 5.70. The van der Waals surface area contributed by atoms with E-state index in [1.807, 2.05) is 16.7 Å². The van der Waals surface area contributed by atoms with E-state index in [1.165, 1.54) is 23.5 Å². The summed E-state index contributed by atoms with van der Waals surface area (Å²) in [5.41, 5.74) is 2.34. The van der Waals surface area contributed by atoms with Gasteiger partial charge in [-0.05, 0) is 26.0 Å². The van der Waals surface area contributed by atoms with Crippen LogP contribution in [0, 0.1) is 24.0 Å². The maximum Gasteiger partial charge on any atom is 0.275 e. The number of nitro groups is 1. The molecule has 0 saturated carbocycles. The molecule has 0 spiro atoms. The molecule has 22 heavy (non-hydrogen) atoms. The molecular weight excluding hydrogens is 304 g/mol. The molecule has 0 fully saturated rings. The van der Waals surface area contributed by atoms with Gasteiger partial charge in [0.15, 0.2) is 4.96 Å². The quantitative estimate of drug-likeness (QED) is 0.593. The molecule has 0 bridgehead atoms. The molecule has 3 aromatic rings. The van der Waals surface area contributed by atoms with Crippen LogP contribution in [0.1, 0.15) is 21.7 Å². The van der Waals surface area contributed by atoms with Crippen molar-refractivity contribution in [3.05, 3.63) is 56.8 Å². The molecule has 1 N–H and O–H groups in total. The lowest BCUT2D eigenvalue weighted by Gasteiger charge is -2.04. The number of carbonyl (C=O) groups is 1. The summed E-state index contributed by atoms with van der Waals surface area (Å²) in [5, 5.41) is 15.4. The van der Waals surface area contributed by atoms with Gasteiger partial charge in [0.2, 0.25) is 0 Å². The van der Waals surface area contributed by atoms with Crippen LogP contribution in [0.4, 0.5) is 11.4 Å². The third-order valence-corrected chi connectivity index (χ3v) is 4.23. The summed E-state index contributed by atoms with van der Waals surface area (Å²) in [6.45, 7) is 3.57. The summed E-state index contributed by atoms with van der Waals surface area (Å²) in [4.78, 5) is 27.6. The highest BCUT2D eigenvalue weighted by atomic mass is 32.1. The molecule has 0 atom stereocenters. The van der Waals surface area contributed by atoms with Gasteiger partial charge in [0, 0.05) is 34.6 Å². The summed E-state index contributed by atoms with van der Waals surface area (Å²) in [6, 6.07) is 4.45. The van der Waals surface area contributed by atoms with Crippen molar-refractivity contribution in [1.29, 1.82) is 0 Å². The number of amides is 1. The standard InChI is InChI=1S/C14H12N4O3S/c1-8-5-10(3-4-12(8)18(20)21)15-13(19)11-6-17-9(2)7-22-14(17)16-11/h3-7H,1-2H3,(H,15,19). The van der Waals surface area contributed by atoms with Crippen LogP contribution in [0.15, 0.2) is 29.8 Å². The van der Waals surface area contributed by atoms with Gasteiger partial charge in [0.1, 0.15) is 5.69 Å². The minimum atomic E-state index is -0.451. The number of anilines is 1. The molecule has 0 saturated heterocycles. The number of aryl methyl sites for hydroxylation is 2. The number of benzene rings is 1. The fourth-order valence-corrected chi connectivity index (χ4v) is 2.99. The van der Waals surface area contributed by atoms with Crippen LogP contribution in [-0.2, 0) is 0 Å². The van der Waals surface area contributed by atoms with Crippen LogP contribution < -0.4 is 5.32 Å². The van der Waals surface area contributed by atoms with Crippen LogP contribution >= 0.6 is 11.3 Å². The average molecular weight is 316 g/mol. The van der Waals surface area contributed by atoms with E-state index in [2.05, 4.69) is 10.3 Å². The van der Waals surface area contributed by atoms with E-state index in [4.69, 9.17) is 0 Å². The fraction of sp³-hybridized carbons (Fsp3) is 0.143. The molecule has 0 aliphatic rings. The van der Waals surface area contributed by atoms with Gasteiger partial charge in [-0.25, -0.2) is 4.98 Å². The topological polar surface area (TPSA) is 89.5 Å². The van der Waals surface area contributed by atoms with Crippen LogP contribution in [0.25, 0.3) is 4.96 Å². The predicted molar refractivity (Wildman–Crippen MR) is 83.6 cm³/mol. The summed E-state index contributed by atoms with van der Waals surface area (Å²) in [7, 11) is 0. The Balaban J connectivity index is 1.84. The van der Waals surface area contributed by atoms with Crippen molar-refractivity contribution >= 4 is 33.6 Å². The molecule has 7 nitrogen and oxygen atoms in total. The Morgan fingerprint density at radius 3 is 2.82 bits per heavy atom. The fourth-order valence-electron chi connectivity index (χ4n) is 2.14. The maximum atomic E-state index is 12.2. The number of nitrogens with zero attached hydrogens (tertiary/aromatic N) is 3. The number of fused-ring (bicyclic) bond motifs is 1. The molecule has 8 heteroatoms. The largest absolute Gasteiger partial charge is 0.321 e. The van der Waals surface area contributed by atoms with E-state index in [9.17, 15) is 14.9 Å². The van der Waals surface area contributed by atoms with Crippen LogP contribution in [0.2, 0.25) is 0 Å². The summed E-state index contributed by atoms with van der Waals surface area (Å²) < 4.78 is 1.85. The van der Waals surface area contributed by atoms with Crippen molar-refractivity contribution in [3.63, 3.8) is 0 Å². The van der Waals surface area contributed by atoms with Crippen molar-refractivity contribution in [2.24, 2.45) is 0 Å². The van der Waals surface area contributed by atoms with E-state index in [0.29, 0.717) is 16.9 Å². The number of nitro benzene ring substituents is 1. The number of nitrogens with one attached hydrogen (secondary N) is 1. The maximum absolute atomic E-state index is 12.2. The Morgan fingerprint density at radius 2 is 2.18 bits per heavy atom. The Hall–Kier alpha value is -2.74. The Labute approximate surface area is 129 Å². The van der Waals surface area contributed by atoms with Gasteiger partial charge >= 0.3 is 0 Å². The monoisotopic (exact) mass is 316 g/mol. The van der Waals surface area contributed by atoms with Gasteiger partial charge in [0.25, 0.3) is 11.6 Å². The first-order chi connectivity index (χ1) is 10.5. The first-order valence-corrected chi connectivity index (χ1v) is 7.33. The lowest BCUT2D eigenvalue weighted by atomic mass is 10.2. The van der Waals surface area contributed by atoms with E-state index in [1.54, 1.807) is 19.2 Å². The van der Waals surface area contributed by atoms with Gasteiger partial charge in [0.05, 0.1) is 4.92 Å². The highest BCUT2D eigenvalue weighted by Gasteiger charge is 2.15. The van der Waals surface area contributed by atoms with Gasteiger partial charge in [-0.1, -0.05) is 0 Å². The predicted octanol–water partition coefficient (Wildman–Crippen LogP) is 3.17. The molecule has 0 aliphatic carbocycles.